The number of aryl methyl sites for hydroxylation is 1. The van der Waals surface area contributed by atoms with E-state index in [9.17, 15) is 0 Å². The molecule has 4 rings (SSSR count). The van der Waals surface area contributed by atoms with Crippen LogP contribution in [0.2, 0.25) is 10.0 Å². The van der Waals surface area contributed by atoms with E-state index in [1.165, 1.54) is 54.5 Å². The summed E-state index contributed by atoms with van der Waals surface area (Å²) in [6.45, 7) is 3.73. The first-order valence-corrected chi connectivity index (χ1v) is 10.2. The number of nitrogens with zero attached hydrogens (tertiary/aromatic N) is 2. The van der Waals surface area contributed by atoms with E-state index in [1.54, 1.807) is 12.1 Å². The van der Waals surface area contributed by atoms with Crippen LogP contribution in [0.25, 0.3) is 10.9 Å². The number of benzene rings is 2. The Morgan fingerprint density at radius 1 is 0.926 bits per heavy atom. The SMILES string of the molecule is Cn1c(COc2c(Cl)cccc2Cl)c(CN2CCCCC2)c2ccccc21. The molecule has 1 aliphatic heterocycles. The highest BCUT2D eigenvalue weighted by Crippen LogP contribution is 2.34. The van der Waals surface area contributed by atoms with Gasteiger partial charge in [-0.25, -0.2) is 0 Å². The average molecular weight is 403 g/mol. The lowest BCUT2D eigenvalue weighted by Gasteiger charge is -2.26. The lowest BCUT2D eigenvalue weighted by Crippen LogP contribution is -2.29. The molecule has 2 heterocycles. The van der Waals surface area contributed by atoms with Crippen LogP contribution in [0.1, 0.15) is 30.5 Å². The van der Waals surface area contributed by atoms with Gasteiger partial charge in [-0.05, 0) is 49.7 Å². The van der Waals surface area contributed by atoms with Gasteiger partial charge in [-0.1, -0.05) is 53.9 Å². The van der Waals surface area contributed by atoms with Gasteiger partial charge >= 0.3 is 0 Å². The molecule has 0 radical (unpaired) electrons. The minimum atomic E-state index is 0.442. The van der Waals surface area contributed by atoms with Gasteiger partial charge in [-0.2, -0.15) is 0 Å². The Bertz CT molecular complexity index is 925. The second kappa shape index (κ2) is 8.14. The number of likely N-dealkylation sites (tertiary alicyclic amines) is 1. The summed E-state index contributed by atoms with van der Waals surface area (Å²) in [7, 11) is 2.11. The fraction of sp³-hybridized carbons (Fsp3) is 0.364. The normalized spacial score (nSPS) is 15.4. The lowest BCUT2D eigenvalue weighted by atomic mass is 10.1. The second-order valence-corrected chi connectivity index (χ2v) is 7.99. The molecule has 1 fully saturated rings. The summed E-state index contributed by atoms with van der Waals surface area (Å²) in [4.78, 5) is 2.55. The summed E-state index contributed by atoms with van der Waals surface area (Å²) in [5.74, 6) is 0.551. The van der Waals surface area contributed by atoms with Crippen LogP contribution < -0.4 is 4.74 Å². The van der Waals surface area contributed by atoms with Crippen LogP contribution in [0.4, 0.5) is 0 Å². The van der Waals surface area contributed by atoms with Crippen LogP contribution in [0, 0.1) is 0 Å². The summed E-state index contributed by atoms with van der Waals surface area (Å²) in [5.41, 5.74) is 3.75. The Kier molecular flexibility index (Phi) is 5.63. The van der Waals surface area contributed by atoms with Crippen molar-refractivity contribution in [2.24, 2.45) is 7.05 Å². The molecule has 0 aliphatic carbocycles. The topological polar surface area (TPSA) is 17.4 Å². The van der Waals surface area contributed by atoms with Crippen molar-refractivity contribution in [2.75, 3.05) is 13.1 Å². The van der Waals surface area contributed by atoms with Crippen molar-refractivity contribution in [3.63, 3.8) is 0 Å². The highest BCUT2D eigenvalue weighted by atomic mass is 35.5. The van der Waals surface area contributed by atoms with E-state index in [1.807, 2.05) is 6.07 Å². The first-order valence-electron chi connectivity index (χ1n) is 9.49. The molecule has 3 aromatic rings. The molecule has 0 N–H and O–H groups in total. The van der Waals surface area contributed by atoms with Gasteiger partial charge in [-0.3, -0.25) is 4.90 Å². The molecule has 0 atom stereocenters. The maximum atomic E-state index is 6.29. The third-order valence-electron chi connectivity index (χ3n) is 5.45. The van der Waals surface area contributed by atoms with Crippen LogP contribution in [0.3, 0.4) is 0 Å². The lowest BCUT2D eigenvalue weighted by molar-refractivity contribution is 0.218. The van der Waals surface area contributed by atoms with Gasteiger partial charge in [0.1, 0.15) is 6.61 Å². The molecule has 142 valence electrons. The largest absolute Gasteiger partial charge is 0.484 e. The number of halogens is 2. The van der Waals surface area contributed by atoms with Crippen LogP contribution in [-0.4, -0.2) is 22.6 Å². The Morgan fingerprint density at radius 3 is 2.37 bits per heavy atom. The van der Waals surface area contributed by atoms with E-state index >= 15 is 0 Å². The van der Waals surface area contributed by atoms with Gasteiger partial charge in [0.2, 0.25) is 0 Å². The van der Waals surface area contributed by atoms with Gasteiger partial charge in [0.05, 0.1) is 15.7 Å². The van der Waals surface area contributed by atoms with Gasteiger partial charge in [-0.15, -0.1) is 0 Å². The van der Waals surface area contributed by atoms with E-state index in [-0.39, 0.29) is 0 Å². The summed E-state index contributed by atoms with van der Waals surface area (Å²) in [6.07, 6.45) is 3.91. The Balaban J connectivity index is 1.68. The quantitative estimate of drug-likeness (QED) is 0.516. The van der Waals surface area contributed by atoms with Crippen molar-refractivity contribution in [1.82, 2.24) is 9.47 Å². The van der Waals surface area contributed by atoms with Crippen LogP contribution in [0.15, 0.2) is 42.5 Å². The van der Waals surface area contributed by atoms with Crippen molar-refractivity contribution in [2.45, 2.75) is 32.4 Å². The fourth-order valence-electron chi connectivity index (χ4n) is 3.99. The molecule has 27 heavy (non-hydrogen) atoms. The van der Waals surface area contributed by atoms with Crippen LogP contribution >= 0.6 is 23.2 Å². The van der Waals surface area contributed by atoms with Crippen LogP contribution in [-0.2, 0) is 20.2 Å². The maximum absolute atomic E-state index is 6.29. The van der Waals surface area contributed by atoms with Crippen molar-refractivity contribution >= 4 is 34.1 Å². The average Bonchev–Trinajstić information content (AvgIpc) is 2.94. The predicted octanol–water partition coefficient (Wildman–Crippen LogP) is 6.05. The van der Waals surface area contributed by atoms with E-state index < -0.39 is 0 Å². The Morgan fingerprint density at radius 2 is 1.63 bits per heavy atom. The minimum absolute atomic E-state index is 0.442. The number of para-hydroxylation sites is 2. The highest BCUT2D eigenvalue weighted by Gasteiger charge is 2.20. The molecule has 1 saturated heterocycles. The van der Waals surface area contributed by atoms with E-state index in [2.05, 4.69) is 40.8 Å². The number of aromatic nitrogens is 1. The molecule has 1 aromatic heterocycles. The smallest absolute Gasteiger partial charge is 0.157 e. The molecule has 0 saturated carbocycles. The number of fused-ring (bicyclic) bond motifs is 1. The molecule has 5 heteroatoms. The molecule has 0 unspecified atom stereocenters. The Hall–Kier alpha value is -1.68. The van der Waals surface area contributed by atoms with E-state index in [0.717, 1.165) is 6.54 Å². The zero-order valence-electron chi connectivity index (χ0n) is 15.5. The molecule has 0 spiro atoms. The zero-order valence-corrected chi connectivity index (χ0v) is 17.1. The van der Waals surface area contributed by atoms with Crippen molar-refractivity contribution in [3.05, 3.63) is 63.8 Å². The van der Waals surface area contributed by atoms with Gasteiger partial charge in [0.15, 0.2) is 5.75 Å². The summed E-state index contributed by atoms with van der Waals surface area (Å²) < 4.78 is 8.33. The zero-order chi connectivity index (χ0) is 18.8. The summed E-state index contributed by atoms with van der Waals surface area (Å²) >= 11 is 12.6. The maximum Gasteiger partial charge on any atom is 0.157 e. The highest BCUT2D eigenvalue weighted by molar-refractivity contribution is 6.37. The van der Waals surface area contributed by atoms with E-state index in [0.29, 0.717) is 22.4 Å². The number of hydrogen-bond acceptors (Lipinski definition) is 2. The van der Waals surface area contributed by atoms with Gasteiger partial charge in [0, 0.05) is 24.5 Å². The van der Waals surface area contributed by atoms with E-state index in [4.69, 9.17) is 27.9 Å². The fourth-order valence-corrected chi connectivity index (χ4v) is 4.49. The Labute approximate surface area is 170 Å². The first kappa shape index (κ1) is 18.7. The number of hydrogen-bond donors (Lipinski definition) is 0. The number of ether oxygens (including phenoxy) is 1. The van der Waals surface area contributed by atoms with Crippen molar-refractivity contribution in [3.8, 4) is 5.75 Å². The predicted molar refractivity (Wildman–Crippen MR) is 113 cm³/mol. The second-order valence-electron chi connectivity index (χ2n) is 7.18. The van der Waals surface area contributed by atoms with Crippen molar-refractivity contribution < 1.29 is 4.74 Å². The van der Waals surface area contributed by atoms with Gasteiger partial charge < -0.3 is 9.30 Å². The number of piperidine rings is 1. The molecule has 0 bridgehead atoms. The molecule has 3 nitrogen and oxygen atoms in total. The van der Waals surface area contributed by atoms with Gasteiger partial charge in [0.25, 0.3) is 0 Å². The molecule has 0 amide bonds. The standard InChI is InChI=1S/C22H24Cl2N2O/c1-25-20-11-4-3-8-16(20)17(14-26-12-5-2-6-13-26)21(25)15-27-22-18(23)9-7-10-19(22)24/h3-4,7-11H,2,5-6,12-15H2,1H3. The minimum Gasteiger partial charge on any atom is -0.484 e. The van der Waals surface area contributed by atoms with Crippen molar-refractivity contribution in [1.29, 1.82) is 0 Å². The summed E-state index contributed by atoms with van der Waals surface area (Å²) in [6, 6.07) is 14.0. The molecular formula is C22H24Cl2N2O. The molecule has 1 aliphatic rings. The number of rotatable bonds is 5. The molecule has 2 aromatic carbocycles. The monoisotopic (exact) mass is 402 g/mol. The third kappa shape index (κ3) is 3.82. The first-order chi connectivity index (χ1) is 13.1. The molecular weight excluding hydrogens is 379 g/mol. The third-order valence-corrected chi connectivity index (χ3v) is 6.04. The van der Waals surface area contributed by atoms with Crippen LogP contribution in [0.5, 0.6) is 5.75 Å². The summed E-state index contributed by atoms with van der Waals surface area (Å²) in [5, 5.41) is 2.38.